The van der Waals surface area contributed by atoms with Gasteiger partial charge < -0.3 is 15.0 Å². The van der Waals surface area contributed by atoms with E-state index in [1.165, 1.54) is 9.21 Å². The largest absolute Gasteiger partial charge is 0.465 e. The summed E-state index contributed by atoms with van der Waals surface area (Å²) < 4.78 is 27.8. The second-order valence-electron chi connectivity index (χ2n) is 10.6. The summed E-state index contributed by atoms with van der Waals surface area (Å²) in [6, 6.07) is 1.97. The predicted octanol–water partition coefficient (Wildman–Crippen LogP) is 3.14. The molecule has 2 N–H and O–H groups in total. The van der Waals surface area contributed by atoms with Crippen LogP contribution in [0.3, 0.4) is 0 Å². The number of hydrogen-bond acceptors (Lipinski definition) is 6. The first-order valence-electron chi connectivity index (χ1n) is 12.0. The van der Waals surface area contributed by atoms with E-state index in [-0.39, 0.29) is 24.3 Å². The van der Waals surface area contributed by atoms with Crippen molar-refractivity contribution in [2.75, 3.05) is 30.8 Å². The maximum atomic E-state index is 13.2. The van der Waals surface area contributed by atoms with Crippen molar-refractivity contribution in [3.05, 3.63) is 18.6 Å². The number of carbonyl (C=O) groups is 1. The molecule has 1 aliphatic heterocycles. The Morgan fingerprint density at radius 2 is 1.88 bits per heavy atom. The second-order valence-corrected chi connectivity index (χ2v) is 12.6. The van der Waals surface area contributed by atoms with Crippen molar-refractivity contribution < 1.29 is 18.3 Å². The van der Waals surface area contributed by atoms with Crippen LogP contribution in [0.1, 0.15) is 52.9 Å². The fraction of sp³-hybridized carbons (Fsp3) is 0.696. The van der Waals surface area contributed by atoms with Gasteiger partial charge in [0, 0.05) is 37.9 Å². The molecule has 2 aromatic heterocycles. The minimum atomic E-state index is -3.43. The summed E-state index contributed by atoms with van der Waals surface area (Å²) in [5.74, 6) is 1.14. The van der Waals surface area contributed by atoms with Gasteiger partial charge in [-0.1, -0.05) is 0 Å². The van der Waals surface area contributed by atoms with E-state index in [0.29, 0.717) is 19.0 Å². The Labute approximate surface area is 201 Å². The summed E-state index contributed by atoms with van der Waals surface area (Å²) in [6.45, 7) is 6.15. The minimum absolute atomic E-state index is 0.115. The van der Waals surface area contributed by atoms with Gasteiger partial charge in [0.1, 0.15) is 17.8 Å². The Morgan fingerprint density at radius 3 is 2.53 bits per heavy atom. The summed E-state index contributed by atoms with van der Waals surface area (Å²) in [4.78, 5) is 27.2. The lowest BCUT2D eigenvalue weighted by atomic mass is 9.86. The molecule has 188 valence electrons. The van der Waals surface area contributed by atoms with Crippen molar-refractivity contribution in [2.45, 2.75) is 70.5 Å². The van der Waals surface area contributed by atoms with Crippen LogP contribution >= 0.6 is 0 Å². The van der Waals surface area contributed by atoms with Crippen LogP contribution in [0.4, 0.5) is 10.6 Å². The van der Waals surface area contributed by atoms with Gasteiger partial charge in [0.15, 0.2) is 0 Å². The van der Waals surface area contributed by atoms with E-state index >= 15 is 0 Å². The van der Waals surface area contributed by atoms with Crippen molar-refractivity contribution in [1.29, 1.82) is 0 Å². The van der Waals surface area contributed by atoms with E-state index in [9.17, 15) is 18.3 Å². The molecule has 2 fully saturated rings. The molecule has 1 saturated heterocycles. The molecule has 0 bridgehead atoms. The van der Waals surface area contributed by atoms with Crippen LogP contribution in [0.25, 0.3) is 11.0 Å². The highest BCUT2D eigenvalue weighted by atomic mass is 32.2. The number of H-pyrrole nitrogens is 1. The van der Waals surface area contributed by atoms with Crippen molar-refractivity contribution in [3.8, 4) is 0 Å². The van der Waals surface area contributed by atoms with Gasteiger partial charge in [-0.05, 0) is 64.9 Å². The van der Waals surface area contributed by atoms with Gasteiger partial charge >= 0.3 is 6.09 Å². The lowest BCUT2D eigenvalue weighted by Gasteiger charge is -2.38. The Hall–Kier alpha value is -2.40. The van der Waals surface area contributed by atoms with Gasteiger partial charge in [0.25, 0.3) is 0 Å². The molecule has 3 heterocycles. The second kappa shape index (κ2) is 9.33. The number of sulfonamides is 1. The van der Waals surface area contributed by atoms with Crippen LogP contribution in [0.2, 0.25) is 0 Å². The van der Waals surface area contributed by atoms with E-state index in [1.807, 2.05) is 40.1 Å². The van der Waals surface area contributed by atoms with Gasteiger partial charge in [-0.2, -0.15) is 4.31 Å². The molecule has 11 heteroatoms. The molecule has 0 aromatic carbocycles. The highest BCUT2D eigenvalue weighted by Crippen LogP contribution is 2.33. The summed E-state index contributed by atoms with van der Waals surface area (Å²) in [5.41, 5.74) is 0.240. The number of nitrogens with one attached hydrogen (secondary N) is 1. The van der Waals surface area contributed by atoms with Crippen LogP contribution in [-0.4, -0.2) is 87.3 Å². The van der Waals surface area contributed by atoms with E-state index in [0.717, 1.165) is 42.5 Å². The molecular weight excluding hydrogens is 456 g/mol. The summed E-state index contributed by atoms with van der Waals surface area (Å²) in [6.07, 6.45) is 6.47. The first kappa shape index (κ1) is 24.7. The molecule has 34 heavy (non-hydrogen) atoms. The number of anilines is 1. The lowest BCUT2D eigenvalue weighted by molar-refractivity contribution is 0.0742. The molecule has 1 aliphatic carbocycles. The first-order valence-corrected chi connectivity index (χ1v) is 13.6. The average molecular weight is 493 g/mol. The maximum Gasteiger partial charge on any atom is 0.408 e. The molecule has 2 aliphatic rings. The Balaban J connectivity index is 1.34. The van der Waals surface area contributed by atoms with Gasteiger partial charge in [-0.3, -0.25) is 4.90 Å². The van der Waals surface area contributed by atoms with Crippen molar-refractivity contribution in [2.24, 2.45) is 5.92 Å². The van der Waals surface area contributed by atoms with Crippen LogP contribution in [-0.2, 0) is 10.0 Å². The van der Waals surface area contributed by atoms with Gasteiger partial charge in [0.2, 0.25) is 10.0 Å². The summed E-state index contributed by atoms with van der Waals surface area (Å²) in [7, 11) is -1.39. The van der Waals surface area contributed by atoms with Crippen LogP contribution in [0, 0.1) is 5.92 Å². The minimum Gasteiger partial charge on any atom is -0.465 e. The number of carboxylic acid groups (broad SMARTS) is 1. The van der Waals surface area contributed by atoms with Crippen LogP contribution in [0.15, 0.2) is 18.6 Å². The molecule has 1 atom stereocenters. The van der Waals surface area contributed by atoms with E-state index in [1.54, 1.807) is 6.33 Å². The maximum absolute atomic E-state index is 13.2. The molecule has 0 radical (unpaired) electrons. The van der Waals surface area contributed by atoms with E-state index in [4.69, 9.17) is 0 Å². The van der Waals surface area contributed by atoms with Gasteiger partial charge in [-0.15, -0.1) is 0 Å². The molecule has 2 aromatic rings. The number of rotatable bonds is 6. The Morgan fingerprint density at radius 1 is 1.18 bits per heavy atom. The number of hydrogen-bond donors (Lipinski definition) is 2. The number of fused-ring (bicyclic) bond motifs is 1. The van der Waals surface area contributed by atoms with Crippen molar-refractivity contribution >= 4 is 33.0 Å². The van der Waals surface area contributed by atoms with Gasteiger partial charge in [0.05, 0.1) is 17.2 Å². The zero-order valence-electron chi connectivity index (χ0n) is 20.4. The van der Waals surface area contributed by atoms with E-state index in [2.05, 4.69) is 19.9 Å². The third-order valence-electron chi connectivity index (χ3n) is 7.29. The number of amides is 1. The van der Waals surface area contributed by atoms with Crippen LogP contribution < -0.4 is 4.90 Å². The molecule has 10 nitrogen and oxygen atoms in total. The topological polar surface area (TPSA) is 123 Å². The number of nitrogens with zero attached hydrogens (tertiary/aromatic N) is 5. The van der Waals surface area contributed by atoms with Gasteiger partial charge in [-0.25, -0.2) is 23.2 Å². The summed E-state index contributed by atoms with van der Waals surface area (Å²) in [5, 5.41) is 10.7. The third kappa shape index (κ3) is 5.00. The fourth-order valence-electron chi connectivity index (χ4n) is 5.58. The first-order chi connectivity index (χ1) is 16.0. The Kier molecular flexibility index (Phi) is 6.78. The normalized spacial score (nSPS) is 24.4. The SMILES string of the molecule is CN(c1ncnc2[nH]ccc12)[C@H]1CC[C@H](CS(=O)(=O)N2CC[C@H](N(C(=O)O)C(C)(C)C)C2)CC1. The highest BCUT2D eigenvalue weighted by molar-refractivity contribution is 7.89. The van der Waals surface area contributed by atoms with Crippen LogP contribution in [0.5, 0.6) is 0 Å². The van der Waals surface area contributed by atoms with Crippen molar-refractivity contribution in [3.63, 3.8) is 0 Å². The molecular formula is C23H36N6O4S. The monoisotopic (exact) mass is 492 g/mol. The quantitative estimate of drug-likeness (QED) is 0.635. The van der Waals surface area contributed by atoms with Crippen molar-refractivity contribution in [1.82, 2.24) is 24.2 Å². The molecule has 1 amide bonds. The molecule has 0 unspecified atom stereocenters. The molecule has 1 saturated carbocycles. The fourth-order valence-corrected chi connectivity index (χ4v) is 7.50. The van der Waals surface area contributed by atoms with E-state index < -0.39 is 21.7 Å². The third-order valence-corrected chi connectivity index (χ3v) is 9.30. The molecule has 4 rings (SSSR count). The smallest absolute Gasteiger partial charge is 0.408 e. The number of aromatic amines is 1. The zero-order valence-corrected chi connectivity index (χ0v) is 21.3. The summed E-state index contributed by atoms with van der Waals surface area (Å²) >= 11 is 0. The highest BCUT2D eigenvalue weighted by Gasteiger charge is 2.41. The Bertz CT molecular complexity index is 1120. The molecule has 0 spiro atoms. The zero-order chi connectivity index (χ0) is 24.7. The predicted molar refractivity (Wildman–Crippen MR) is 131 cm³/mol. The number of aromatic nitrogens is 3. The lowest BCUT2D eigenvalue weighted by Crippen LogP contribution is -2.52. The standard InChI is InChI=1S/C23H36N6O4S/c1-23(2,3)29(22(30)31)18-10-12-28(13-18)34(32,33)14-16-5-7-17(8-6-16)27(4)21-19-9-11-24-20(19)25-15-26-21/h9,11,15-18H,5-8,10,12-14H2,1-4H3,(H,30,31)(H,24,25,26)/t16-,17-,18-/m0/s1. The average Bonchev–Trinajstić information content (AvgIpc) is 3.42.